The van der Waals surface area contributed by atoms with Crippen molar-refractivity contribution in [1.82, 2.24) is 15.0 Å². The van der Waals surface area contributed by atoms with E-state index in [9.17, 15) is 13.6 Å². The summed E-state index contributed by atoms with van der Waals surface area (Å²) in [4.78, 5) is 24.3. The predicted octanol–water partition coefficient (Wildman–Crippen LogP) is 5.33. The molecule has 0 amide bonds. The average molecular weight is 478 g/mol. The number of methoxy groups -OCH3 is 1. The van der Waals surface area contributed by atoms with Gasteiger partial charge in [0.15, 0.2) is 5.69 Å². The second-order valence-electron chi connectivity index (χ2n) is 8.13. The van der Waals surface area contributed by atoms with Crippen LogP contribution < -0.4 is 4.74 Å². The fourth-order valence-electron chi connectivity index (χ4n) is 3.77. The summed E-state index contributed by atoms with van der Waals surface area (Å²) < 4.78 is 37.8. The standard InChI is InChI=1S/C27H25F2N3O3/c1-17-30-16-23(31-17)15-24(19-7-12-22(29)13-8-19)35-25-14-9-20(26(32-25)27(33)34-2)6-3-18-4-10-21(28)11-5-18/h4-5,7-14,16,24H,3,6,15H2,1-2H3,(H,30,31). The summed E-state index contributed by atoms with van der Waals surface area (Å²) in [5, 5.41) is 0. The number of nitrogens with zero attached hydrogens (tertiary/aromatic N) is 2. The number of aromatic nitrogens is 3. The molecule has 4 aromatic rings. The van der Waals surface area contributed by atoms with Crippen molar-refractivity contribution < 1.29 is 23.0 Å². The normalized spacial score (nSPS) is 11.8. The van der Waals surface area contributed by atoms with Crippen LogP contribution in [0.5, 0.6) is 5.88 Å². The van der Waals surface area contributed by atoms with Gasteiger partial charge in [-0.1, -0.05) is 30.3 Å². The van der Waals surface area contributed by atoms with Gasteiger partial charge in [0, 0.05) is 24.4 Å². The van der Waals surface area contributed by atoms with Crippen LogP contribution >= 0.6 is 0 Å². The van der Waals surface area contributed by atoms with Crippen molar-refractivity contribution in [2.45, 2.75) is 32.3 Å². The van der Waals surface area contributed by atoms with Crippen LogP contribution in [0.3, 0.4) is 0 Å². The molecule has 0 fully saturated rings. The van der Waals surface area contributed by atoms with E-state index in [4.69, 9.17) is 9.47 Å². The van der Waals surface area contributed by atoms with Crippen LogP contribution in [0.25, 0.3) is 0 Å². The maximum Gasteiger partial charge on any atom is 0.357 e. The molecule has 6 nitrogen and oxygen atoms in total. The van der Waals surface area contributed by atoms with Crippen LogP contribution in [-0.4, -0.2) is 28.0 Å². The Morgan fingerprint density at radius 2 is 1.66 bits per heavy atom. The largest absolute Gasteiger partial charge is 0.469 e. The summed E-state index contributed by atoms with van der Waals surface area (Å²) in [6, 6.07) is 15.8. The molecular formula is C27H25F2N3O3. The first-order valence-corrected chi connectivity index (χ1v) is 11.2. The number of carbonyl (C=O) groups is 1. The number of rotatable bonds is 9. The Hall–Kier alpha value is -4.07. The second kappa shape index (κ2) is 10.9. The first-order chi connectivity index (χ1) is 16.9. The van der Waals surface area contributed by atoms with Crippen molar-refractivity contribution in [3.63, 3.8) is 0 Å². The number of carbonyl (C=O) groups excluding carboxylic acids is 1. The minimum Gasteiger partial charge on any atom is -0.469 e. The lowest BCUT2D eigenvalue weighted by Crippen LogP contribution is -2.15. The zero-order valence-electron chi connectivity index (χ0n) is 19.4. The molecule has 0 bridgehead atoms. The number of hydrogen-bond acceptors (Lipinski definition) is 5. The van der Waals surface area contributed by atoms with Gasteiger partial charge in [0.1, 0.15) is 23.6 Å². The number of halogens is 2. The summed E-state index contributed by atoms with van der Waals surface area (Å²) in [6.07, 6.45) is 2.77. The molecule has 2 aromatic heterocycles. The lowest BCUT2D eigenvalue weighted by molar-refractivity contribution is 0.0590. The first kappa shape index (κ1) is 24.1. The highest BCUT2D eigenvalue weighted by atomic mass is 19.1. The highest BCUT2D eigenvalue weighted by Gasteiger charge is 2.20. The summed E-state index contributed by atoms with van der Waals surface area (Å²) >= 11 is 0. The number of ether oxygens (including phenoxy) is 2. The molecule has 2 heterocycles. The average Bonchev–Trinajstić information content (AvgIpc) is 3.28. The van der Waals surface area contributed by atoms with Crippen LogP contribution in [0.1, 0.15) is 44.8 Å². The monoisotopic (exact) mass is 477 g/mol. The van der Waals surface area contributed by atoms with Gasteiger partial charge in [-0.25, -0.2) is 23.5 Å². The van der Waals surface area contributed by atoms with Gasteiger partial charge in [-0.05, 0) is 60.7 Å². The van der Waals surface area contributed by atoms with Crippen molar-refractivity contribution in [3.8, 4) is 5.88 Å². The van der Waals surface area contributed by atoms with Gasteiger partial charge in [0.25, 0.3) is 0 Å². The van der Waals surface area contributed by atoms with Crippen molar-refractivity contribution in [3.05, 3.63) is 112 Å². The molecule has 0 aliphatic heterocycles. The third-order valence-electron chi connectivity index (χ3n) is 5.59. The van der Waals surface area contributed by atoms with E-state index in [-0.39, 0.29) is 23.2 Å². The molecular weight excluding hydrogens is 452 g/mol. The zero-order valence-corrected chi connectivity index (χ0v) is 19.4. The van der Waals surface area contributed by atoms with E-state index in [0.29, 0.717) is 24.8 Å². The highest BCUT2D eigenvalue weighted by molar-refractivity contribution is 5.89. The number of benzene rings is 2. The summed E-state index contributed by atoms with van der Waals surface area (Å²) in [6.45, 7) is 1.85. The Kier molecular flexibility index (Phi) is 7.50. The SMILES string of the molecule is COC(=O)c1nc(OC(Cc2cnc(C)[nH]2)c2ccc(F)cc2)ccc1CCc1ccc(F)cc1. The van der Waals surface area contributed by atoms with Crippen molar-refractivity contribution >= 4 is 5.97 Å². The zero-order chi connectivity index (χ0) is 24.8. The van der Waals surface area contributed by atoms with Crippen molar-refractivity contribution in [2.24, 2.45) is 0 Å². The lowest BCUT2D eigenvalue weighted by atomic mass is 10.0. The number of aryl methyl sites for hydroxylation is 3. The minimum atomic E-state index is -0.577. The quantitative estimate of drug-likeness (QED) is 0.330. The van der Waals surface area contributed by atoms with Crippen molar-refractivity contribution in [1.29, 1.82) is 0 Å². The molecule has 0 saturated carbocycles. The Morgan fingerprint density at radius 3 is 2.29 bits per heavy atom. The number of esters is 1. The molecule has 2 aromatic carbocycles. The van der Waals surface area contributed by atoms with Crippen LogP contribution in [0.15, 0.2) is 66.9 Å². The van der Waals surface area contributed by atoms with Crippen molar-refractivity contribution in [2.75, 3.05) is 7.11 Å². The Labute approximate surface area is 202 Å². The van der Waals surface area contributed by atoms with Crippen LogP contribution in [0, 0.1) is 18.6 Å². The smallest absolute Gasteiger partial charge is 0.357 e. The molecule has 180 valence electrons. The fraction of sp³-hybridized carbons (Fsp3) is 0.222. The van der Waals surface area contributed by atoms with Crippen LogP contribution in [0.4, 0.5) is 8.78 Å². The topological polar surface area (TPSA) is 77.1 Å². The minimum absolute atomic E-state index is 0.155. The third kappa shape index (κ3) is 6.29. The van der Waals surface area contributed by atoms with Gasteiger partial charge in [-0.2, -0.15) is 0 Å². The maximum atomic E-state index is 13.5. The van der Waals surface area contributed by atoms with Gasteiger partial charge >= 0.3 is 5.97 Å². The number of aromatic amines is 1. The van der Waals surface area contributed by atoms with Gasteiger partial charge in [0.05, 0.1) is 7.11 Å². The Bertz CT molecular complexity index is 1290. The number of nitrogens with one attached hydrogen (secondary N) is 1. The summed E-state index contributed by atoms with van der Waals surface area (Å²) in [5.41, 5.74) is 3.38. The Balaban J connectivity index is 1.58. The van der Waals surface area contributed by atoms with E-state index in [1.54, 1.807) is 42.6 Å². The van der Waals surface area contributed by atoms with E-state index in [0.717, 1.165) is 22.6 Å². The summed E-state index contributed by atoms with van der Waals surface area (Å²) in [5.74, 6) is -0.210. The van der Waals surface area contributed by atoms with Gasteiger partial charge < -0.3 is 14.5 Å². The molecule has 1 N–H and O–H groups in total. The fourth-order valence-corrected chi connectivity index (χ4v) is 3.77. The van der Waals surface area contributed by atoms with Crippen LogP contribution in [0.2, 0.25) is 0 Å². The predicted molar refractivity (Wildman–Crippen MR) is 126 cm³/mol. The molecule has 1 unspecified atom stereocenters. The highest BCUT2D eigenvalue weighted by Crippen LogP contribution is 2.26. The van der Waals surface area contributed by atoms with E-state index < -0.39 is 12.1 Å². The number of pyridine rings is 1. The second-order valence-corrected chi connectivity index (χ2v) is 8.13. The molecule has 35 heavy (non-hydrogen) atoms. The molecule has 0 spiro atoms. The van der Waals surface area contributed by atoms with Gasteiger partial charge in [-0.15, -0.1) is 0 Å². The van der Waals surface area contributed by atoms with Gasteiger partial charge in [0.2, 0.25) is 5.88 Å². The van der Waals surface area contributed by atoms with E-state index in [1.165, 1.54) is 31.4 Å². The van der Waals surface area contributed by atoms with E-state index in [2.05, 4.69) is 15.0 Å². The molecule has 0 aliphatic carbocycles. The Morgan fingerprint density at radius 1 is 0.971 bits per heavy atom. The van der Waals surface area contributed by atoms with E-state index in [1.807, 2.05) is 6.92 Å². The maximum absolute atomic E-state index is 13.5. The summed E-state index contributed by atoms with van der Waals surface area (Å²) in [7, 11) is 1.29. The molecule has 0 saturated heterocycles. The lowest BCUT2D eigenvalue weighted by Gasteiger charge is -2.19. The third-order valence-corrected chi connectivity index (χ3v) is 5.59. The molecule has 4 rings (SSSR count). The number of hydrogen-bond donors (Lipinski definition) is 1. The molecule has 8 heteroatoms. The molecule has 1 atom stereocenters. The van der Waals surface area contributed by atoms with E-state index >= 15 is 0 Å². The molecule has 0 radical (unpaired) electrons. The van der Waals surface area contributed by atoms with Gasteiger partial charge in [-0.3, -0.25) is 0 Å². The molecule has 0 aliphatic rings. The first-order valence-electron chi connectivity index (χ1n) is 11.2. The number of H-pyrrole nitrogens is 1. The van der Waals surface area contributed by atoms with Crippen LogP contribution in [-0.2, 0) is 24.0 Å². The number of imidazole rings is 1.